The quantitative estimate of drug-likeness (QED) is 0.853. The van der Waals surface area contributed by atoms with Gasteiger partial charge in [-0.3, -0.25) is 9.59 Å². The van der Waals surface area contributed by atoms with E-state index in [9.17, 15) is 9.59 Å². The van der Waals surface area contributed by atoms with Gasteiger partial charge in [0.15, 0.2) is 0 Å². The second kappa shape index (κ2) is 6.69. The maximum Gasteiger partial charge on any atom is 0.228 e. The van der Waals surface area contributed by atoms with Crippen molar-refractivity contribution in [3.05, 3.63) is 35.9 Å². The normalized spacial score (nSPS) is 27.3. The van der Waals surface area contributed by atoms with Crippen LogP contribution < -0.4 is 10.6 Å². The number of nitrogens with zero attached hydrogens (tertiary/aromatic N) is 1. The molecule has 1 aromatic rings. The summed E-state index contributed by atoms with van der Waals surface area (Å²) in [4.78, 5) is 27.6. The Hall–Kier alpha value is -1.88. The van der Waals surface area contributed by atoms with E-state index in [0.29, 0.717) is 5.91 Å². The lowest BCUT2D eigenvalue weighted by Gasteiger charge is -2.43. The van der Waals surface area contributed by atoms with Gasteiger partial charge in [-0.2, -0.15) is 0 Å². The molecule has 1 aromatic carbocycles. The Morgan fingerprint density at radius 2 is 1.73 bits per heavy atom. The van der Waals surface area contributed by atoms with Gasteiger partial charge in [-0.05, 0) is 50.8 Å². The van der Waals surface area contributed by atoms with E-state index in [1.165, 1.54) is 0 Å². The third kappa shape index (κ3) is 3.13. The van der Waals surface area contributed by atoms with Crippen molar-refractivity contribution in [3.8, 4) is 0 Å². The number of piperidine rings is 2. The molecule has 2 N–H and O–H groups in total. The minimum absolute atomic E-state index is 0.0552. The summed E-state index contributed by atoms with van der Waals surface area (Å²) in [6.45, 7) is 5.47. The van der Waals surface area contributed by atoms with Crippen LogP contribution in [0.3, 0.4) is 0 Å². The van der Waals surface area contributed by atoms with Gasteiger partial charge in [0.05, 0.1) is 5.92 Å². The summed E-state index contributed by atoms with van der Waals surface area (Å²) in [5, 5.41) is 6.62. The average molecular weight is 355 g/mol. The van der Waals surface area contributed by atoms with Crippen molar-refractivity contribution in [1.82, 2.24) is 15.5 Å². The number of carbonyl (C=O) groups excluding carboxylic acids is 2. The molecule has 3 saturated heterocycles. The van der Waals surface area contributed by atoms with E-state index >= 15 is 0 Å². The first kappa shape index (κ1) is 17.5. The Morgan fingerprint density at radius 1 is 1.08 bits per heavy atom. The minimum Gasteiger partial charge on any atom is -0.350 e. The average Bonchev–Trinajstić information content (AvgIpc) is 2.99. The van der Waals surface area contributed by atoms with E-state index in [1.807, 2.05) is 35.2 Å². The Kier molecular flexibility index (Phi) is 4.51. The Labute approximate surface area is 155 Å². The van der Waals surface area contributed by atoms with Gasteiger partial charge in [0.1, 0.15) is 0 Å². The first-order valence-electron chi connectivity index (χ1n) is 9.89. The molecule has 0 saturated carbocycles. The van der Waals surface area contributed by atoms with Gasteiger partial charge in [0.2, 0.25) is 11.8 Å². The summed E-state index contributed by atoms with van der Waals surface area (Å²) in [6, 6.07) is 10.1. The molecule has 0 aliphatic carbocycles. The fourth-order valence-corrected chi connectivity index (χ4v) is 4.88. The topological polar surface area (TPSA) is 61.4 Å². The number of hydrogen-bond acceptors (Lipinski definition) is 3. The van der Waals surface area contributed by atoms with Gasteiger partial charge in [-0.25, -0.2) is 0 Å². The summed E-state index contributed by atoms with van der Waals surface area (Å²) in [6.07, 6.45) is 4.41. The first-order chi connectivity index (χ1) is 12.5. The van der Waals surface area contributed by atoms with Crippen molar-refractivity contribution < 1.29 is 9.59 Å². The Morgan fingerprint density at radius 3 is 2.38 bits per heavy atom. The highest BCUT2D eigenvalue weighted by atomic mass is 16.2. The fraction of sp³-hybridized carbons (Fsp3) is 0.619. The van der Waals surface area contributed by atoms with Gasteiger partial charge >= 0.3 is 0 Å². The molecule has 0 aromatic heterocycles. The van der Waals surface area contributed by atoms with Crippen LogP contribution in [-0.4, -0.2) is 48.4 Å². The first-order valence-corrected chi connectivity index (χ1v) is 9.89. The fourth-order valence-electron chi connectivity index (χ4n) is 4.88. The van der Waals surface area contributed by atoms with Gasteiger partial charge in [-0.15, -0.1) is 0 Å². The van der Waals surface area contributed by atoms with Crippen molar-refractivity contribution in [1.29, 1.82) is 0 Å². The maximum absolute atomic E-state index is 13.0. The second-order valence-electron chi connectivity index (χ2n) is 8.54. The van der Waals surface area contributed by atoms with Crippen LogP contribution >= 0.6 is 0 Å². The predicted octanol–water partition coefficient (Wildman–Crippen LogP) is 2.04. The van der Waals surface area contributed by atoms with E-state index in [-0.39, 0.29) is 22.8 Å². The summed E-state index contributed by atoms with van der Waals surface area (Å²) in [5.41, 5.74) is 0.743. The van der Waals surface area contributed by atoms with Crippen molar-refractivity contribution in [2.24, 2.45) is 5.41 Å². The molecule has 0 radical (unpaired) electrons. The van der Waals surface area contributed by atoms with Crippen LogP contribution in [-0.2, 0) is 9.59 Å². The summed E-state index contributed by atoms with van der Waals surface area (Å²) in [5.74, 6) is 0.388. The summed E-state index contributed by atoms with van der Waals surface area (Å²) < 4.78 is 0. The van der Waals surface area contributed by atoms with Gasteiger partial charge in [0, 0.05) is 24.0 Å². The van der Waals surface area contributed by atoms with E-state index in [0.717, 1.165) is 63.8 Å². The lowest BCUT2D eigenvalue weighted by molar-refractivity contribution is -0.144. The van der Waals surface area contributed by atoms with Gasteiger partial charge in [-0.1, -0.05) is 37.3 Å². The smallest absolute Gasteiger partial charge is 0.228 e. The monoisotopic (exact) mass is 355 g/mol. The molecule has 26 heavy (non-hydrogen) atoms. The van der Waals surface area contributed by atoms with Crippen LogP contribution in [0.2, 0.25) is 0 Å². The van der Waals surface area contributed by atoms with E-state index in [2.05, 4.69) is 17.6 Å². The van der Waals surface area contributed by atoms with E-state index < -0.39 is 0 Å². The highest BCUT2D eigenvalue weighted by Crippen LogP contribution is 2.40. The summed E-state index contributed by atoms with van der Waals surface area (Å²) >= 11 is 0. The van der Waals surface area contributed by atoms with Crippen molar-refractivity contribution in [2.45, 2.75) is 50.5 Å². The Balaban J connectivity index is 1.40. The molecule has 5 heteroatoms. The van der Waals surface area contributed by atoms with Crippen LogP contribution in [0.25, 0.3) is 0 Å². The highest BCUT2D eigenvalue weighted by Gasteiger charge is 2.48. The molecule has 3 aliphatic heterocycles. The van der Waals surface area contributed by atoms with Crippen molar-refractivity contribution >= 4 is 11.8 Å². The van der Waals surface area contributed by atoms with Crippen molar-refractivity contribution in [2.75, 3.05) is 26.2 Å². The Bertz CT molecular complexity index is 674. The molecule has 2 amide bonds. The molecule has 3 heterocycles. The molecule has 3 aliphatic rings. The molecule has 1 atom stereocenters. The largest absolute Gasteiger partial charge is 0.350 e. The zero-order valence-electron chi connectivity index (χ0n) is 15.6. The number of nitrogens with one attached hydrogen (secondary N) is 2. The van der Waals surface area contributed by atoms with Gasteiger partial charge < -0.3 is 15.5 Å². The standard InChI is InChI=1S/C21H29N3O2/c1-20(7-11-22-12-8-20)19(26)24-13-9-21(10-14-24)15-17(18(25)23-21)16-5-3-2-4-6-16/h2-6,17,22H,7-15H2,1H3,(H,23,25). The third-order valence-corrected chi connectivity index (χ3v) is 6.73. The van der Waals surface area contributed by atoms with E-state index in [4.69, 9.17) is 0 Å². The second-order valence-corrected chi connectivity index (χ2v) is 8.54. The molecule has 1 unspecified atom stereocenters. The van der Waals surface area contributed by atoms with Crippen LogP contribution in [0.5, 0.6) is 0 Å². The summed E-state index contributed by atoms with van der Waals surface area (Å²) in [7, 11) is 0. The van der Waals surface area contributed by atoms with Crippen LogP contribution in [0.15, 0.2) is 30.3 Å². The van der Waals surface area contributed by atoms with Crippen LogP contribution in [0.1, 0.15) is 50.5 Å². The number of likely N-dealkylation sites (tertiary alicyclic amines) is 1. The molecule has 0 bridgehead atoms. The SMILES string of the molecule is CC1(C(=O)N2CCC3(CC2)CC(c2ccccc2)C(=O)N3)CCNCC1. The van der Waals surface area contributed by atoms with Crippen molar-refractivity contribution in [3.63, 3.8) is 0 Å². The zero-order valence-corrected chi connectivity index (χ0v) is 15.6. The highest BCUT2D eigenvalue weighted by molar-refractivity contribution is 5.87. The third-order valence-electron chi connectivity index (χ3n) is 6.73. The molecule has 3 fully saturated rings. The minimum atomic E-state index is -0.221. The number of hydrogen-bond donors (Lipinski definition) is 2. The number of amides is 2. The molecule has 140 valence electrons. The van der Waals surface area contributed by atoms with Crippen LogP contribution in [0, 0.1) is 5.41 Å². The maximum atomic E-state index is 13.0. The molecular formula is C21H29N3O2. The lowest BCUT2D eigenvalue weighted by Crippen LogP contribution is -2.55. The molecule has 1 spiro atoms. The van der Waals surface area contributed by atoms with E-state index in [1.54, 1.807) is 0 Å². The number of rotatable bonds is 2. The predicted molar refractivity (Wildman–Crippen MR) is 101 cm³/mol. The van der Waals surface area contributed by atoms with Crippen LogP contribution in [0.4, 0.5) is 0 Å². The molecule has 5 nitrogen and oxygen atoms in total. The molecular weight excluding hydrogens is 326 g/mol. The molecule has 4 rings (SSSR count). The zero-order chi connectivity index (χ0) is 18.2. The lowest BCUT2D eigenvalue weighted by atomic mass is 9.77. The number of benzene rings is 1. The number of carbonyl (C=O) groups is 2. The van der Waals surface area contributed by atoms with Gasteiger partial charge in [0.25, 0.3) is 0 Å².